The molecule has 1 aromatic carbocycles. The lowest BCUT2D eigenvalue weighted by atomic mass is 10.1. The van der Waals surface area contributed by atoms with Gasteiger partial charge in [0.1, 0.15) is 37.9 Å². The van der Waals surface area contributed by atoms with Crippen molar-refractivity contribution in [3.8, 4) is 0 Å². The van der Waals surface area contributed by atoms with Gasteiger partial charge in [-0.3, -0.25) is 4.79 Å². The normalized spacial score (nSPS) is 26.7. The molecule has 12 heteroatoms. The predicted molar refractivity (Wildman–Crippen MR) is 105 cm³/mol. The van der Waals surface area contributed by atoms with E-state index in [1.54, 1.807) is 7.11 Å². The first kappa shape index (κ1) is 22.3. The first-order valence-electron chi connectivity index (χ1n) is 10.0. The summed E-state index contributed by atoms with van der Waals surface area (Å²) in [7, 11) is 1.54. The Morgan fingerprint density at radius 2 is 1.91 bits per heavy atom. The van der Waals surface area contributed by atoms with Crippen molar-refractivity contribution in [1.82, 2.24) is 14.8 Å². The summed E-state index contributed by atoms with van der Waals surface area (Å²) in [5, 5.41) is 4.07. The second-order valence-corrected chi connectivity index (χ2v) is 7.15. The molecule has 0 spiro atoms. The molecule has 0 radical (unpaired) electrons. The molecule has 4 rings (SSSR count). The number of methoxy groups -OCH3 is 1. The van der Waals surface area contributed by atoms with Gasteiger partial charge in [-0.25, -0.2) is 14.5 Å². The molecule has 0 saturated carbocycles. The Bertz CT molecular complexity index is 923. The number of esters is 1. The Hall–Kier alpha value is -2.90. The Labute approximate surface area is 183 Å². The number of rotatable bonds is 10. The molecule has 32 heavy (non-hydrogen) atoms. The van der Waals surface area contributed by atoms with Crippen LogP contribution in [0.15, 0.2) is 36.7 Å². The van der Waals surface area contributed by atoms with Crippen LogP contribution >= 0.6 is 0 Å². The summed E-state index contributed by atoms with van der Waals surface area (Å²) in [6, 6.07) is 9.42. The molecular weight excluding hydrogens is 424 g/mol. The SMILES string of the molecule is COCCOCC(=O)OC[C@H]1O[C@@H](n2cnc(C(N)=O)n2)C2OC(c3ccccc3)OC21. The van der Waals surface area contributed by atoms with E-state index in [2.05, 4.69) is 10.1 Å². The van der Waals surface area contributed by atoms with Crippen LogP contribution in [0.25, 0.3) is 0 Å². The van der Waals surface area contributed by atoms with Gasteiger partial charge in [0, 0.05) is 12.7 Å². The minimum Gasteiger partial charge on any atom is -0.461 e. The number of ether oxygens (including phenoxy) is 6. The molecule has 1 amide bonds. The standard InChI is InChI=1S/C20H24N4O8/c1-27-7-8-28-10-14(25)29-9-13-15-16(32-20(31-15)12-5-3-2-4-6-12)19(30-13)24-11-22-18(23-24)17(21)26/h2-6,11,13,15-16,19-20H,7-10H2,1H3,(H2,21,26)/t13-,15?,16?,19-,20?/m1/s1. The molecule has 2 saturated heterocycles. The zero-order valence-electron chi connectivity index (χ0n) is 17.4. The summed E-state index contributed by atoms with van der Waals surface area (Å²) in [6.45, 7) is 0.374. The second-order valence-electron chi connectivity index (χ2n) is 7.15. The Kier molecular flexibility index (Phi) is 7.07. The highest BCUT2D eigenvalue weighted by atomic mass is 16.8. The molecule has 2 N–H and O–H groups in total. The van der Waals surface area contributed by atoms with E-state index in [0.717, 1.165) is 5.56 Å². The zero-order chi connectivity index (χ0) is 22.5. The smallest absolute Gasteiger partial charge is 0.332 e. The van der Waals surface area contributed by atoms with Gasteiger partial charge >= 0.3 is 5.97 Å². The van der Waals surface area contributed by atoms with Crippen molar-refractivity contribution in [3.63, 3.8) is 0 Å². The number of nitrogens with two attached hydrogens (primary N) is 1. The molecule has 2 fully saturated rings. The van der Waals surface area contributed by atoms with Crippen LogP contribution in [0.5, 0.6) is 0 Å². The second kappa shape index (κ2) is 10.1. The molecule has 3 unspecified atom stereocenters. The number of primary amides is 1. The summed E-state index contributed by atoms with van der Waals surface area (Å²) in [4.78, 5) is 27.2. The van der Waals surface area contributed by atoms with Crippen LogP contribution in [0, 0.1) is 0 Å². The van der Waals surface area contributed by atoms with Crippen LogP contribution < -0.4 is 5.73 Å². The van der Waals surface area contributed by atoms with Crippen molar-refractivity contribution >= 4 is 11.9 Å². The number of fused-ring (bicyclic) bond motifs is 1. The van der Waals surface area contributed by atoms with Gasteiger partial charge in [-0.05, 0) is 0 Å². The highest BCUT2D eigenvalue weighted by Crippen LogP contribution is 2.43. The molecule has 2 aromatic rings. The number of carbonyl (C=O) groups excluding carboxylic acids is 2. The fraction of sp³-hybridized carbons (Fsp3) is 0.500. The van der Waals surface area contributed by atoms with Crippen molar-refractivity contribution in [2.75, 3.05) is 33.5 Å². The number of amides is 1. The first-order chi connectivity index (χ1) is 15.6. The van der Waals surface area contributed by atoms with E-state index in [9.17, 15) is 9.59 Å². The number of carbonyl (C=O) groups is 2. The monoisotopic (exact) mass is 448 g/mol. The molecule has 2 aliphatic heterocycles. The van der Waals surface area contributed by atoms with Crippen molar-refractivity contribution in [2.45, 2.75) is 30.8 Å². The highest BCUT2D eigenvalue weighted by Gasteiger charge is 2.54. The van der Waals surface area contributed by atoms with Crippen molar-refractivity contribution < 1.29 is 38.0 Å². The van der Waals surface area contributed by atoms with Crippen LogP contribution in [0.3, 0.4) is 0 Å². The average Bonchev–Trinajstić information content (AvgIpc) is 3.51. The van der Waals surface area contributed by atoms with Gasteiger partial charge in [-0.2, -0.15) is 0 Å². The summed E-state index contributed by atoms with van der Waals surface area (Å²) >= 11 is 0. The van der Waals surface area contributed by atoms with Gasteiger partial charge in [0.25, 0.3) is 5.91 Å². The van der Waals surface area contributed by atoms with Crippen LogP contribution in [0.4, 0.5) is 0 Å². The van der Waals surface area contributed by atoms with Crippen molar-refractivity contribution in [3.05, 3.63) is 48.0 Å². The highest BCUT2D eigenvalue weighted by molar-refractivity contribution is 5.88. The van der Waals surface area contributed by atoms with Crippen LogP contribution in [0.2, 0.25) is 0 Å². The molecule has 3 heterocycles. The van der Waals surface area contributed by atoms with Crippen molar-refractivity contribution in [1.29, 1.82) is 0 Å². The van der Waals surface area contributed by atoms with Crippen LogP contribution in [-0.2, 0) is 33.2 Å². The summed E-state index contributed by atoms with van der Waals surface area (Å²) in [5.74, 6) is -1.45. The molecule has 1 aromatic heterocycles. The largest absolute Gasteiger partial charge is 0.461 e. The van der Waals surface area contributed by atoms with Gasteiger partial charge < -0.3 is 34.2 Å². The van der Waals surface area contributed by atoms with E-state index in [1.165, 1.54) is 11.0 Å². The minimum absolute atomic E-state index is 0.0770. The van der Waals surface area contributed by atoms with E-state index in [-0.39, 0.29) is 25.6 Å². The van der Waals surface area contributed by atoms with Crippen LogP contribution in [0.1, 0.15) is 28.7 Å². The third-order valence-corrected chi connectivity index (χ3v) is 4.97. The molecule has 172 valence electrons. The molecule has 12 nitrogen and oxygen atoms in total. The molecule has 0 bridgehead atoms. The molecular formula is C20H24N4O8. The van der Waals surface area contributed by atoms with E-state index < -0.39 is 42.7 Å². The fourth-order valence-electron chi connectivity index (χ4n) is 3.47. The fourth-order valence-corrected chi connectivity index (χ4v) is 3.47. The maximum Gasteiger partial charge on any atom is 0.332 e. The summed E-state index contributed by atoms with van der Waals surface area (Å²) in [5.41, 5.74) is 6.08. The maximum atomic E-state index is 12.0. The van der Waals surface area contributed by atoms with Gasteiger partial charge in [-0.1, -0.05) is 30.3 Å². The topological polar surface area (TPSA) is 146 Å². The number of aromatic nitrogens is 3. The average molecular weight is 448 g/mol. The maximum absolute atomic E-state index is 12.0. The Morgan fingerprint density at radius 3 is 2.62 bits per heavy atom. The summed E-state index contributed by atoms with van der Waals surface area (Å²) in [6.07, 6.45) is -1.82. The first-order valence-corrected chi connectivity index (χ1v) is 10.0. The Morgan fingerprint density at radius 1 is 1.12 bits per heavy atom. The minimum atomic E-state index is -0.761. The predicted octanol–water partition coefficient (Wildman–Crippen LogP) is -0.0366. The van der Waals surface area contributed by atoms with E-state index >= 15 is 0 Å². The van der Waals surface area contributed by atoms with Crippen molar-refractivity contribution in [2.24, 2.45) is 5.73 Å². The molecule has 5 atom stereocenters. The van der Waals surface area contributed by atoms with E-state index in [4.69, 9.17) is 34.2 Å². The number of hydrogen-bond acceptors (Lipinski definition) is 10. The third kappa shape index (κ3) is 4.95. The molecule has 2 aliphatic rings. The van der Waals surface area contributed by atoms with Gasteiger partial charge in [0.15, 0.2) is 12.5 Å². The van der Waals surface area contributed by atoms with Gasteiger partial charge in [0.05, 0.1) is 13.2 Å². The van der Waals surface area contributed by atoms with E-state index in [1.807, 2.05) is 30.3 Å². The lowest BCUT2D eigenvalue weighted by Gasteiger charge is -2.20. The Balaban J connectivity index is 1.44. The van der Waals surface area contributed by atoms with Gasteiger partial charge in [0.2, 0.25) is 5.82 Å². The summed E-state index contributed by atoms with van der Waals surface area (Å²) < 4.78 is 34.9. The van der Waals surface area contributed by atoms with Gasteiger partial charge in [-0.15, -0.1) is 5.10 Å². The lowest BCUT2D eigenvalue weighted by molar-refractivity contribution is -0.170. The zero-order valence-corrected chi connectivity index (χ0v) is 17.4. The molecule has 0 aliphatic carbocycles. The van der Waals surface area contributed by atoms with Crippen LogP contribution in [-0.4, -0.2) is 78.5 Å². The third-order valence-electron chi connectivity index (χ3n) is 4.97. The number of hydrogen-bond donors (Lipinski definition) is 1. The number of benzene rings is 1. The van der Waals surface area contributed by atoms with E-state index in [0.29, 0.717) is 6.61 Å². The quantitative estimate of drug-likeness (QED) is 0.388. The lowest BCUT2D eigenvalue weighted by Crippen LogP contribution is -2.33. The number of nitrogens with zero attached hydrogens (tertiary/aromatic N) is 3.